The molecule has 2 aromatic rings. The molecule has 78 valence electrons. The number of nitrogens with zero attached hydrogens (tertiary/aromatic N) is 1. The molecule has 0 spiro atoms. The lowest BCUT2D eigenvalue weighted by Gasteiger charge is -2.03. The Hall–Kier alpha value is -1.43. The number of hydrogen-bond acceptors (Lipinski definition) is 3. The van der Waals surface area contributed by atoms with Crippen LogP contribution >= 0.6 is 15.9 Å². The standard InChI is InChI=1S/C9H5BrFNO3/c1-12-5-3-2-4(10)7(11)6(5)8(13)15-9(12)14/h2-3H,1H3. The van der Waals surface area contributed by atoms with Crippen LogP contribution in [0.15, 0.2) is 30.6 Å². The smallest absolute Gasteiger partial charge is 0.372 e. The third kappa shape index (κ3) is 1.41. The van der Waals surface area contributed by atoms with Crippen LogP contribution in [0.2, 0.25) is 0 Å². The molecular formula is C9H5BrFNO3. The van der Waals surface area contributed by atoms with Gasteiger partial charge < -0.3 is 4.42 Å². The quantitative estimate of drug-likeness (QED) is 0.729. The Morgan fingerprint density at radius 2 is 2.07 bits per heavy atom. The lowest BCUT2D eigenvalue weighted by Crippen LogP contribution is -2.23. The van der Waals surface area contributed by atoms with E-state index in [0.29, 0.717) is 0 Å². The summed E-state index contributed by atoms with van der Waals surface area (Å²) in [6.07, 6.45) is 0. The van der Waals surface area contributed by atoms with Gasteiger partial charge in [0.1, 0.15) is 5.39 Å². The first-order valence-electron chi connectivity index (χ1n) is 4.00. The molecule has 0 radical (unpaired) electrons. The number of halogens is 2. The Balaban J connectivity index is 3.17. The lowest BCUT2D eigenvalue weighted by atomic mass is 10.2. The highest BCUT2D eigenvalue weighted by Gasteiger charge is 2.13. The predicted molar refractivity (Wildman–Crippen MR) is 55.4 cm³/mol. The number of benzene rings is 1. The fourth-order valence-corrected chi connectivity index (χ4v) is 1.64. The van der Waals surface area contributed by atoms with Crippen LogP contribution in [0.25, 0.3) is 10.9 Å². The van der Waals surface area contributed by atoms with E-state index in [1.54, 1.807) is 0 Å². The Kier molecular flexibility index (Phi) is 2.22. The average molecular weight is 274 g/mol. The van der Waals surface area contributed by atoms with Crippen LogP contribution in [0, 0.1) is 5.82 Å². The first-order valence-corrected chi connectivity index (χ1v) is 4.79. The molecule has 15 heavy (non-hydrogen) atoms. The molecule has 0 saturated carbocycles. The van der Waals surface area contributed by atoms with Gasteiger partial charge in [0.05, 0.1) is 9.99 Å². The van der Waals surface area contributed by atoms with E-state index in [4.69, 9.17) is 0 Å². The van der Waals surface area contributed by atoms with Gasteiger partial charge in [0.2, 0.25) is 0 Å². The van der Waals surface area contributed by atoms with Crippen LogP contribution in [-0.2, 0) is 7.05 Å². The van der Waals surface area contributed by atoms with Crippen LogP contribution in [0.4, 0.5) is 4.39 Å². The fourth-order valence-electron chi connectivity index (χ4n) is 1.31. The highest BCUT2D eigenvalue weighted by Crippen LogP contribution is 2.21. The number of aromatic nitrogens is 1. The van der Waals surface area contributed by atoms with Gasteiger partial charge in [0, 0.05) is 7.05 Å². The number of fused-ring (bicyclic) bond motifs is 1. The van der Waals surface area contributed by atoms with Crippen molar-refractivity contribution in [3.63, 3.8) is 0 Å². The summed E-state index contributed by atoms with van der Waals surface area (Å²) in [6.45, 7) is 0. The predicted octanol–water partition coefficient (Wildman–Crippen LogP) is 1.39. The van der Waals surface area contributed by atoms with Gasteiger partial charge in [-0.05, 0) is 28.1 Å². The molecule has 0 unspecified atom stereocenters. The number of hydrogen-bond donors (Lipinski definition) is 0. The third-order valence-electron chi connectivity index (χ3n) is 2.09. The van der Waals surface area contributed by atoms with Gasteiger partial charge in [-0.15, -0.1) is 0 Å². The van der Waals surface area contributed by atoms with Gasteiger partial charge in [0.15, 0.2) is 5.82 Å². The summed E-state index contributed by atoms with van der Waals surface area (Å²) in [5.41, 5.74) is -0.760. The van der Waals surface area contributed by atoms with Gasteiger partial charge >= 0.3 is 11.4 Å². The molecule has 1 aromatic heterocycles. The van der Waals surface area contributed by atoms with Crippen LogP contribution in [0.3, 0.4) is 0 Å². The number of aryl methyl sites for hydroxylation is 1. The summed E-state index contributed by atoms with van der Waals surface area (Å²) in [5, 5.41) is -0.230. The maximum Gasteiger partial charge on any atom is 0.422 e. The monoisotopic (exact) mass is 273 g/mol. The van der Waals surface area contributed by atoms with Crippen molar-refractivity contribution in [1.29, 1.82) is 0 Å². The third-order valence-corrected chi connectivity index (χ3v) is 2.70. The normalized spacial score (nSPS) is 10.9. The van der Waals surface area contributed by atoms with E-state index in [0.717, 1.165) is 4.57 Å². The molecule has 4 nitrogen and oxygen atoms in total. The van der Waals surface area contributed by atoms with Crippen molar-refractivity contribution in [2.24, 2.45) is 7.05 Å². The van der Waals surface area contributed by atoms with Crippen molar-refractivity contribution < 1.29 is 8.81 Å². The molecule has 0 atom stereocenters. The molecule has 2 rings (SSSR count). The molecule has 0 N–H and O–H groups in total. The van der Waals surface area contributed by atoms with E-state index in [1.165, 1.54) is 19.2 Å². The van der Waals surface area contributed by atoms with Crippen LogP contribution < -0.4 is 11.4 Å². The summed E-state index contributed by atoms with van der Waals surface area (Å²) in [6, 6.07) is 2.90. The molecule has 0 aliphatic rings. The van der Waals surface area contributed by atoms with Gasteiger partial charge in [0.25, 0.3) is 0 Å². The molecular weight excluding hydrogens is 269 g/mol. The maximum atomic E-state index is 13.5. The van der Waals surface area contributed by atoms with Crippen LogP contribution in [-0.4, -0.2) is 4.57 Å². The summed E-state index contributed by atoms with van der Waals surface area (Å²) < 4.78 is 19.1. The topological polar surface area (TPSA) is 52.2 Å². The number of rotatable bonds is 0. The summed E-state index contributed by atoms with van der Waals surface area (Å²) in [7, 11) is 1.40. The summed E-state index contributed by atoms with van der Waals surface area (Å²) in [5.74, 6) is -1.54. The molecule has 6 heteroatoms. The zero-order valence-corrected chi connectivity index (χ0v) is 9.17. The van der Waals surface area contributed by atoms with E-state index >= 15 is 0 Å². The molecule has 0 fully saturated rings. The molecule has 0 amide bonds. The first kappa shape index (κ1) is 10.1. The van der Waals surface area contributed by atoms with Crippen molar-refractivity contribution >= 4 is 26.8 Å². The van der Waals surface area contributed by atoms with Gasteiger partial charge in [-0.1, -0.05) is 0 Å². The van der Waals surface area contributed by atoms with E-state index in [2.05, 4.69) is 20.3 Å². The molecule has 0 aliphatic carbocycles. The summed E-state index contributed by atoms with van der Waals surface area (Å²) >= 11 is 2.95. The Morgan fingerprint density at radius 3 is 2.73 bits per heavy atom. The molecule has 1 heterocycles. The zero-order valence-electron chi connectivity index (χ0n) is 7.58. The fraction of sp³-hybridized carbons (Fsp3) is 0.111. The maximum absolute atomic E-state index is 13.5. The summed E-state index contributed by atoms with van der Waals surface area (Å²) in [4.78, 5) is 22.4. The highest BCUT2D eigenvalue weighted by atomic mass is 79.9. The molecule has 1 aromatic carbocycles. The Bertz CT molecular complexity index is 659. The minimum absolute atomic E-state index is 0.154. The van der Waals surface area contributed by atoms with Crippen molar-refractivity contribution in [3.8, 4) is 0 Å². The molecule has 0 bridgehead atoms. The SMILES string of the molecule is Cn1c(=O)oc(=O)c2c(F)c(Br)ccc21. The van der Waals surface area contributed by atoms with Gasteiger partial charge in [-0.2, -0.15) is 0 Å². The molecule has 0 aliphatic heterocycles. The Morgan fingerprint density at radius 1 is 1.40 bits per heavy atom. The van der Waals surface area contributed by atoms with Gasteiger partial charge in [-0.25, -0.2) is 14.0 Å². The highest BCUT2D eigenvalue weighted by molar-refractivity contribution is 9.10. The molecule has 0 saturated heterocycles. The van der Waals surface area contributed by atoms with Crippen molar-refractivity contribution in [1.82, 2.24) is 4.57 Å². The van der Waals surface area contributed by atoms with Crippen molar-refractivity contribution in [2.75, 3.05) is 0 Å². The minimum atomic E-state index is -0.966. The second-order valence-electron chi connectivity index (χ2n) is 2.97. The van der Waals surface area contributed by atoms with Crippen molar-refractivity contribution in [3.05, 3.63) is 43.4 Å². The van der Waals surface area contributed by atoms with E-state index in [9.17, 15) is 14.0 Å². The average Bonchev–Trinajstić information content (AvgIpc) is 2.18. The van der Waals surface area contributed by atoms with E-state index in [1.807, 2.05) is 0 Å². The van der Waals surface area contributed by atoms with Crippen LogP contribution in [0.5, 0.6) is 0 Å². The zero-order chi connectivity index (χ0) is 11.2. The minimum Gasteiger partial charge on any atom is -0.372 e. The van der Waals surface area contributed by atoms with Crippen LogP contribution in [0.1, 0.15) is 0 Å². The first-order chi connectivity index (χ1) is 7.02. The van der Waals surface area contributed by atoms with E-state index < -0.39 is 17.2 Å². The van der Waals surface area contributed by atoms with Crippen molar-refractivity contribution in [2.45, 2.75) is 0 Å². The lowest BCUT2D eigenvalue weighted by molar-refractivity contribution is 0.430. The van der Waals surface area contributed by atoms with Gasteiger partial charge in [-0.3, -0.25) is 4.57 Å². The Labute approximate surface area is 91.1 Å². The largest absolute Gasteiger partial charge is 0.422 e. The second kappa shape index (κ2) is 3.30. The second-order valence-corrected chi connectivity index (χ2v) is 3.82. The van der Waals surface area contributed by atoms with E-state index in [-0.39, 0.29) is 15.4 Å².